The lowest BCUT2D eigenvalue weighted by Crippen LogP contribution is -2.51. The number of nitrogens with zero attached hydrogens (tertiary/aromatic N) is 2. The highest BCUT2D eigenvalue weighted by atomic mass is 16.5. The third-order valence-corrected chi connectivity index (χ3v) is 4.29. The van der Waals surface area contributed by atoms with Gasteiger partial charge in [-0.25, -0.2) is 4.98 Å². The van der Waals surface area contributed by atoms with Crippen LogP contribution in [0.5, 0.6) is 0 Å². The molecule has 5 heteroatoms. The number of esters is 1. The Morgan fingerprint density at radius 2 is 2.24 bits per heavy atom. The molecular formula is C16H21N3O2. The van der Waals surface area contributed by atoms with Crippen LogP contribution in [0.4, 0.5) is 0 Å². The van der Waals surface area contributed by atoms with Crippen molar-refractivity contribution in [2.75, 3.05) is 7.11 Å². The molecule has 0 aromatic carbocycles. The lowest BCUT2D eigenvalue weighted by atomic mass is 9.96. The molecule has 1 aliphatic carbocycles. The van der Waals surface area contributed by atoms with Crippen LogP contribution < -0.4 is 5.32 Å². The lowest BCUT2D eigenvalue weighted by Gasteiger charge is -2.27. The average molecular weight is 287 g/mol. The second-order valence-corrected chi connectivity index (χ2v) is 6.03. The maximum atomic E-state index is 12.0. The minimum absolute atomic E-state index is 0.190. The number of ether oxygens (including phenoxy) is 1. The molecule has 1 aliphatic rings. The van der Waals surface area contributed by atoms with E-state index in [1.165, 1.54) is 12.7 Å². The molecule has 5 nitrogen and oxygen atoms in total. The number of rotatable bonds is 5. The zero-order valence-electron chi connectivity index (χ0n) is 12.7. The standard InChI is InChI=1S/C16H21N3O2/c1-11-4-7-14-18-13(10-19(14)9-11)8-17-16(2,12-5-6-12)15(20)21-3/h4,7,9-10,12,17H,5-6,8H2,1-3H3/t16-/m0/s1. The number of carbonyl (C=O) groups is 1. The normalized spacial score (nSPS) is 17.7. The summed E-state index contributed by atoms with van der Waals surface area (Å²) in [6, 6.07) is 4.04. The van der Waals surface area contributed by atoms with Gasteiger partial charge in [-0.1, -0.05) is 6.07 Å². The van der Waals surface area contributed by atoms with Gasteiger partial charge >= 0.3 is 5.97 Å². The topological polar surface area (TPSA) is 55.6 Å². The zero-order chi connectivity index (χ0) is 15.0. The Morgan fingerprint density at radius 3 is 2.90 bits per heavy atom. The number of hydrogen-bond donors (Lipinski definition) is 1. The minimum Gasteiger partial charge on any atom is -0.468 e. The molecule has 0 amide bonds. The molecule has 21 heavy (non-hydrogen) atoms. The molecule has 0 aliphatic heterocycles. The highest BCUT2D eigenvalue weighted by Crippen LogP contribution is 2.40. The van der Waals surface area contributed by atoms with Gasteiger partial charge in [-0.05, 0) is 44.2 Å². The lowest BCUT2D eigenvalue weighted by molar-refractivity contribution is -0.149. The fraction of sp³-hybridized carbons (Fsp3) is 0.500. The Kier molecular flexibility index (Phi) is 3.45. The highest BCUT2D eigenvalue weighted by Gasteiger charge is 2.47. The van der Waals surface area contributed by atoms with Crippen LogP contribution >= 0.6 is 0 Å². The molecule has 2 heterocycles. The molecule has 112 valence electrons. The Morgan fingerprint density at radius 1 is 1.48 bits per heavy atom. The summed E-state index contributed by atoms with van der Waals surface area (Å²) >= 11 is 0. The van der Waals surface area contributed by atoms with E-state index in [2.05, 4.69) is 17.2 Å². The number of fused-ring (bicyclic) bond motifs is 1. The van der Waals surface area contributed by atoms with Gasteiger partial charge in [0, 0.05) is 18.9 Å². The van der Waals surface area contributed by atoms with Gasteiger partial charge in [-0.2, -0.15) is 0 Å². The summed E-state index contributed by atoms with van der Waals surface area (Å²) in [5, 5.41) is 3.35. The van der Waals surface area contributed by atoms with E-state index >= 15 is 0 Å². The fourth-order valence-corrected chi connectivity index (χ4v) is 2.77. The SMILES string of the molecule is COC(=O)[C@@](C)(NCc1cn2cc(C)ccc2n1)C1CC1. The maximum absolute atomic E-state index is 12.0. The second-order valence-electron chi connectivity index (χ2n) is 6.03. The van der Waals surface area contributed by atoms with E-state index in [-0.39, 0.29) is 5.97 Å². The predicted octanol–water partition coefficient (Wildman–Crippen LogP) is 2.07. The molecule has 1 fully saturated rings. The van der Waals surface area contributed by atoms with Gasteiger partial charge < -0.3 is 9.14 Å². The first kappa shape index (κ1) is 14.1. The largest absolute Gasteiger partial charge is 0.468 e. The number of nitrogens with one attached hydrogen (secondary N) is 1. The average Bonchev–Trinajstić information content (AvgIpc) is 3.25. The summed E-state index contributed by atoms with van der Waals surface area (Å²) < 4.78 is 6.97. The third-order valence-electron chi connectivity index (χ3n) is 4.29. The maximum Gasteiger partial charge on any atom is 0.326 e. The van der Waals surface area contributed by atoms with Crippen molar-refractivity contribution in [2.24, 2.45) is 5.92 Å². The van der Waals surface area contributed by atoms with Crippen LogP contribution in [0.2, 0.25) is 0 Å². The smallest absolute Gasteiger partial charge is 0.326 e. The first-order chi connectivity index (χ1) is 10.0. The van der Waals surface area contributed by atoms with Gasteiger partial charge in [0.05, 0.1) is 12.8 Å². The van der Waals surface area contributed by atoms with E-state index in [1.54, 1.807) is 0 Å². The monoisotopic (exact) mass is 287 g/mol. The number of imidazole rings is 1. The van der Waals surface area contributed by atoms with Crippen molar-refractivity contribution >= 4 is 11.6 Å². The second kappa shape index (κ2) is 5.15. The summed E-state index contributed by atoms with van der Waals surface area (Å²) in [5.74, 6) is 0.175. The Bertz CT molecular complexity index is 675. The molecule has 3 rings (SSSR count). The molecule has 1 atom stereocenters. The van der Waals surface area contributed by atoms with Crippen molar-refractivity contribution in [3.63, 3.8) is 0 Å². The van der Waals surface area contributed by atoms with Crippen LogP contribution in [0.1, 0.15) is 31.0 Å². The number of aromatic nitrogens is 2. The Balaban J connectivity index is 1.77. The van der Waals surface area contributed by atoms with Crippen molar-refractivity contribution in [1.29, 1.82) is 0 Å². The molecule has 0 unspecified atom stereocenters. The van der Waals surface area contributed by atoms with Gasteiger partial charge in [0.25, 0.3) is 0 Å². The molecule has 0 spiro atoms. The Hall–Kier alpha value is -1.88. The number of aryl methyl sites for hydroxylation is 1. The van der Waals surface area contributed by atoms with Crippen LogP contribution in [0.3, 0.4) is 0 Å². The van der Waals surface area contributed by atoms with Gasteiger partial charge in [-0.3, -0.25) is 10.1 Å². The molecular weight excluding hydrogens is 266 g/mol. The number of methoxy groups -OCH3 is 1. The van der Waals surface area contributed by atoms with Gasteiger partial charge in [0.15, 0.2) is 0 Å². The predicted molar refractivity (Wildman–Crippen MR) is 79.9 cm³/mol. The molecule has 0 bridgehead atoms. The first-order valence-electron chi connectivity index (χ1n) is 7.30. The number of carbonyl (C=O) groups excluding carboxylic acids is 1. The van der Waals surface area contributed by atoms with E-state index in [9.17, 15) is 4.79 Å². The van der Waals surface area contributed by atoms with Crippen LogP contribution in [0.25, 0.3) is 5.65 Å². The van der Waals surface area contributed by atoms with Crippen molar-refractivity contribution in [3.8, 4) is 0 Å². The summed E-state index contributed by atoms with van der Waals surface area (Å²) in [6.45, 7) is 4.54. The molecule has 1 saturated carbocycles. The van der Waals surface area contributed by atoms with E-state index in [4.69, 9.17) is 4.74 Å². The summed E-state index contributed by atoms with van der Waals surface area (Å²) in [4.78, 5) is 16.6. The highest BCUT2D eigenvalue weighted by molar-refractivity contribution is 5.81. The zero-order valence-corrected chi connectivity index (χ0v) is 12.7. The molecule has 2 aromatic rings. The quantitative estimate of drug-likeness (QED) is 0.855. The Labute approximate surface area is 124 Å². The van der Waals surface area contributed by atoms with E-state index < -0.39 is 5.54 Å². The molecule has 1 N–H and O–H groups in total. The van der Waals surface area contributed by atoms with Gasteiger partial charge in [0.2, 0.25) is 0 Å². The summed E-state index contributed by atoms with van der Waals surface area (Å²) in [5.41, 5.74) is 2.43. The van der Waals surface area contributed by atoms with Crippen LogP contribution in [0, 0.1) is 12.8 Å². The van der Waals surface area contributed by atoms with Crippen molar-refractivity contribution in [1.82, 2.24) is 14.7 Å². The van der Waals surface area contributed by atoms with E-state index in [0.717, 1.165) is 24.2 Å². The van der Waals surface area contributed by atoms with Crippen molar-refractivity contribution < 1.29 is 9.53 Å². The van der Waals surface area contributed by atoms with Crippen LogP contribution in [0.15, 0.2) is 24.5 Å². The first-order valence-corrected chi connectivity index (χ1v) is 7.30. The summed E-state index contributed by atoms with van der Waals surface area (Å²) in [7, 11) is 1.44. The van der Waals surface area contributed by atoms with Crippen molar-refractivity contribution in [2.45, 2.75) is 38.8 Å². The van der Waals surface area contributed by atoms with Gasteiger partial charge in [0.1, 0.15) is 11.2 Å². The van der Waals surface area contributed by atoms with Crippen molar-refractivity contribution in [3.05, 3.63) is 35.8 Å². The molecule has 2 aromatic heterocycles. The molecule has 0 radical (unpaired) electrons. The number of pyridine rings is 1. The molecule has 0 saturated heterocycles. The third kappa shape index (κ3) is 2.65. The van der Waals surface area contributed by atoms with Crippen LogP contribution in [-0.2, 0) is 16.1 Å². The minimum atomic E-state index is -0.611. The van der Waals surface area contributed by atoms with E-state index in [1.807, 2.05) is 35.9 Å². The van der Waals surface area contributed by atoms with E-state index in [0.29, 0.717) is 12.5 Å². The fourth-order valence-electron chi connectivity index (χ4n) is 2.77. The van der Waals surface area contributed by atoms with Crippen LogP contribution in [-0.4, -0.2) is 28.0 Å². The summed E-state index contributed by atoms with van der Waals surface area (Å²) in [6.07, 6.45) is 6.19. The van der Waals surface area contributed by atoms with Gasteiger partial charge in [-0.15, -0.1) is 0 Å². The number of hydrogen-bond acceptors (Lipinski definition) is 4.